The fourth-order valence-corrected chi connectivity index (χ4v) is 5.04. The molecule has 0 amide bonds. The molecule has 0 fully saturated rings. The number of aromatic nitrogens is 4. The molecule has 2 heterocycles. The number of anilines is 2. The number of nitrogens with zero attached hydrogens (tertiary/aromatic N) is 4. The third-order valence-corrected chi connectivity index (χ3v) is 7.44. The van der Waals surface area contributed by atoms with Crippen molar-refractivity contribution < 1.29 is 8.42 Å². The number of hydrogen-bond donors (Lipinski definition) is 1. The highest BCUT2D eigenvalue weighted by atomic mass is 79.9. The van der Waals surface area contributed by atoms with E-state index in [1.165, 1.54) is 16.6 Å². The average Bonchev–Trinajstić information content (AvgIpc) is 3.22. The van der Waals surface area contributed by atoms with Crippen LogP contribution in [0.2, 0.25) is 0 Å². The Morgan fingerprint density at radius 1 is 0.969 bits per heavy atom. The molecule has 0 aliphatic heterocycles. The number of hydrogen-bond acceptors (Lipinski definition) is 6. The van der Waals surface area contributed by atoms with Crippen LogP contribution in [0.4, 0.5) is 11.5 Å². The van der Waals surface area contributed by atoms with E-state index in [1.807, 2.05) is 56.3 Å². The van der Waals surface area contributed by atoms with Gasteiger partial charge in [-0.2, -0.15) is 4.52 Å². The lowest BCUT2D eigenvalue weighted by molar-refractivity contribution is 0.592. The fourth-order valence-electron chi connectivity index (χ4n) is 3.54. The Balaban J connectivity index is 1.75. The molecule has 9 heteroatoms. The van der Waals surface area contributed by atoms with Crippen LogP contribution in [-0.2, 0) is 9.84 Å². The molecule has 1 N–H and O–H groups in total. The second-order valence-corrected chi connectivity index (χ2v) is 10.3. The minimum atomic E-state index is -3.92. The third kappa shape index (κ3) is 3.43. The van der Waals surface area contributed by atoms with Gasteiger partial charge in [0, 0.05) is 15.5 Å². The van der Waals surface area contributed by atoms with Crippen LogP contribution in [0.1, 0.15) is 11.1 Å². The number of para-hydroxylation sites is 1. The van der Waals surface area contributed by atoms with Crippen molar-refractivity contribution in [3.05, 3.63) is 82.3 Å². The highest BCUT2D eigenvalue weighted by Crippen LogP contribution is 2.31. The smallest absolute Gasteiger partial charge is 0.229 e. The summed E-state index contributed by atoms with van der Waals surface area (Å²) in [6, 6.07) is 20.1. The van der Waals surface area contributed by atoms with Crippen LogP contribution < -0.4 is 5.32 Å². The summed E-state index contributed by atoms with van der Waals surface area (Å²) in [5, 5.41) is 12.1. The van der Waals surface area contributed by atoms with Gasteiger partial charge in [0.1, 0.15) is 5.82 Å². The van der Waals surface area contributed by atoms with Crippen molar-refractivity contribution >= 4 is 53.8 Å². The third-order valence-electron chi connectivity index (χ3n) is 5.25. The molecule has 7 nitrogen and oxygen atoms in total. The zero-order valence-corrected chi connectivity index (χ0v) is 19.6. The van der Waals surface area contributed by atoms with Crippen LogP contribution in [0.3, 0.4) is 0 Å². The Kier molecular flexibility index (Phi) is 4.94. The molecule has 160 valence electrons. The van der Waals surface area contributed by atoms with E-state index in [0.29, 0.717) is 11.3 Å². The molecule has 0 saturated carbocycles. The standard InChI is InChI=1S/C23H18BrN5O2S/c1-14-7-8-15(2)19(13-14)25-21-18-5-3-4-6-20(18)29-22(26-21)23(27-28-29)32(30,31)17-11-9-16(24)10-12-17/h3-13H,1-2H3,(H,25,26). The molecular weight excluding hydrogens is 490 g/mol. The van der Waals surface area contributed by atoms with Gasteiger partial charge in [0.15, 0.2) is 5.65 Å². The first-order chi connectivity index (χ1) is 15.3. The van der Waals surface area contributed by atoms with Gasteiger partial charge in [-0.1, -0.05) is 45.4 Å². The summed E-state index contributed by atoms with van der Waals surface area (Å²) in [5.74, 6) is 0.538. The fraction of sp³-hybridized carbons (Fsp3) is 0.0870. The Hall–Kier alpha value is -3.30. The minimum absolute atomic E-state index is 0.127. The van der Waals surface area contributed by atoms with Gasteiger partial charge in [0.2, 0.25) is 14.9 Å². The van der Waals surface area contributed by atoms with Crippen molar-refractivity contribution in [1.82, 2.24) is 19.8 Å². The highest BCUT2D eigenvalue weighted by Gasteiger charge is 2.27. The van der Waals surface area contributed by atoms with Gasteiger partial charge >= 0.3 is 0 Å². The van der Waals surface area contributed by atoms with Crippen molar-refractivity contribution in [2.24, 2.45) is 0 Å². The Labute approximate surface area is 193 Å². The summed E-state index contributed by atoms with van der Waals surface area (Å²) >= 11 is 3.33. The number of benzene rings is 3. The van der Waals surface area contributed by atoms with E-state index in [-0.39, 0.29) is 15.6 Å². The van der Waals surface area contributed by atoms with E-state index in [1.54, 1.807) is 12.1 Å². The molecule has 0 aliphatic rings. The van der Waals surface area contributed by atoms with Gasteiger partial charge in [-0.25, -0.2) is 13.4 Å². The van der Waals surface area contributed by atoms with Crippen molar-refractivity contribution in [3.8, 4) is 0 Å². The lowest BCUT2D eigenvalue weighted by Crippen LogP contribution is -2.06. The molecule has 5 rings (SSSR count). The van der Waals surface area contributed by atoms with Crippen LogP contribution in [0.25, 0.3) is 16.6 Å². The van der Waals surface area contributed by atoms with E-state index in [9.17, 15) is 8.42 Å². The minimum Gasteiger partial charge on any atom is -0.339 e. The van der Waals surface area contributed by atoms with Crippen LogP contribution >= 0.6 is 15.9 Å². The zero-order chi connectivity index (χ0) is 22.5. The molecule has 0 atom stereocenters. The number of halogens is 1. The average molecular weight is 508 g/mol. The van der Waals surface area contributed by atoms with Crippen molar-refractivity contribution in [3.63, 3.8) is 0 Å². The largest absolute Gasteiger partial charge is 0.339 e. The molecule has 0 bridgehead atoms. The summed E-state index contributed by atoms with van der Waals surface area (Å²) in [4.78, 5) is 4.80. The lowest BCUT2D eigenvalue weighted by Gasteiger charge is -2.13. The summed E-state index contributed by atoms with van der Waals surface area (Å²) in [7, 11) is -3.92. The maximum atomic E-state index is 13.3. The maximum absolute atomic E-state index is 13.3. The number of fused-ring (bicyclic) bond motifs is 3. The van der Waals surface area contributed by atoms with Crippen molar-refractivity contribution in [2.75, 3.05) is 5.32 Å². The predicted octanol–water partition coefficient (Wildman–Crippen LogP) is 5.23. The van der Waals surface area contributed by atoms with Crippen LogP contribution in [0.15, 0.2) is 81.1 Å². The van der Waals surface area contributed by atoms with Crippen LogP contribution in [-0.4, -0.2) is 28.2 Å². The SMILES string of the molecule is Cc1ccc(C)c(Nc2nc3c(S(=O)(=O)c4ccc(Br)cc4)nnn3c3ccccc23)c1. The van der Waals surface area contributed by atoms with Gasteiger partial charge in [-0.3, -0.25) is 0 Å². The molecule has 0 unspecified atom stereocenters. The molecule has 2 aromatic heterocycles. The van der Waals surface area contributed by atoms with Gasteiger partial charge in [0.25, 0.3) is 0 Å². The number of aryl methyl sites for hydroxylation is 2. The molecule has 0 aliphatic carbocycles. The molecule has 3 aromatic carbocycles. The monoisotopic (exact) mass is 507 g/mol. The topological polar surface area (TPSA) is 89.2 Å². The quantitative estimate of drug-likeness (QED) is 0.358. The van der Waals surface area contributed by atoms with Crippen molar-refractivity contribution in [2.45, 2.75) is 23.8 Å². The Bertz CT molecular complexity index is 1590. The second kappa shape index (κ2) is 7.68. The molecule has 0 radical (unpaired) electrons. The Morgan fingerprint density at radius 3 is 2.50 bits per heavy atom. The Morgan fingerprint density at radius 2 is 1.72 bits per heavy atom. The summed E-state index contributed by atoms with van der Waals surface area (Å²) in [5.41, 5.74) is 3.93. The normalized spacial score (nSPS) is 11.8. The number of rotatable bonds is 4. The first kappa shape index (κ1) is 20.6. The van der Waals surface area contributed by atoms with Crippen LogP contribution in [0.5, 0.6) is 0 Å². The van der Waals surface area contributed by atoms with Crippen molar-refractivity contribution in [1.29, 1.82) is 0 Å². The first-order valence-electron chi connectivity index (χ1n) is 9.84. The van der Waals surface area contributed by atoms with E-state index in [4.69, 9.17) is 0 Å². The first-order valence-corrected chi connectivity index (χ1v) is 12.1. The second-order valence-electron chi connectivity index (χ2n) is 7.51. The van der Waals surface area contributed by atoms with Gasteiger partial charge in [-0.15, -0.1) is 5.10 Å². The molecule has 5 aromatic rings. The van der Waals surface area contributed by atoms with Gasteiger partial charge in [0.05, 0.1) is 10.4 Å². The summed E-state index contributed by atoms with van der Waals surface area (Å²) in [6.45, 7) is 4.02. The van der Waals surface area contributed by atoms with Gasteiger partial charge in [-0.05, 0) is 67.4 Å². The van der Waals surface area contributed by atoms with E-state index >= 15 is 0 Å². The summed E-state index contributed by atoms with van der Waals surface area (Å²) < 4.78 is 28.9. The molecule has 0 saturated heterocycles. The predicted molar refractivity (Wildman–Crippen MR) is 127 cm³/mol. The van der Waals surface area contributed by atoms with Crippen LogP contribution in [0, 0.1) is 13.8 Å². The molecule has 32 heavy (non-hydrogen) atoms. The summed E-state index contributed by atoms with van der Waals surface area (Å²) in [6.07, 6.45) is 0. The maximum Gasteiger partial charge on any atom is 0.229 e. The zero-order valence-electron chi connectivity index (χ0n) is 17.2. The number of sulfone groups is 1. The molecular formula is C23H18BrN5O2S. The highest BCUT2D eigenvalue weighted by molar-refractivity contribution is 9.10. The number of nitrogens with one attached hydrogen (secondary N) is 1. The van der Waals surface area contributed by atoms with Gasteiger partial charge < -0.3 is 5.32 Å². The van der Waals surface area contributed by atoms with E-state index in [2.05, 4.69) is 36.5 Å². The lowest BCUT2D eigenvalue weighted by atomic mass is 10.1. The van der Waals surface area contributed by atoms with E-state index in [0.717, 1.165) is 26.7 Å². The van der Waals surface area contributed by atoms with E-state index < -0.39 is 9.84 Å². The molecule has 0 spiro atoms.